The summed E-state index contributed by atoms with van der Waals surface area (Å²) in [5.74, 6) is -0.0144. The van der Waals surface area contributed by atoms with Gasteiger partial charge in [0.15, 0.2) is 0 Å². The lowest BCUT2D eigenvalue weighted by Gasteiger charge is -2.27. The molecule has 0 unspecified atom stereocenters. The van der Waals surface area contributed by atoms with Crippen LogP contribution in [-0.2, 0) is 30.9 Å². The molecule has 0 aliphatic carbocycles. The van der Waals surface area contributed by atoms with Gasteiger partial charge < -0.3 is 0 Å². The number of rotatable bonds is 13. The summed E-state index contributed by atoms with van der Waals surface area (Å²) in [5.41, 5.74) is 0.825. The van der Waals surface area contributed by atoms with Gasteiger partial charge in [0, 0.05) is 13.1 Å². The lowest BCUT2D eigenvalue weighted by molar-refractivity contribution is 0.166. The second-order valence-electron chi connectivity index (χ2n) is 6.95. The third-order valence-corrected chi connectivity index (χ3v) is 7.82. The molecule has 164 valence electrons. The standard InChI is InChI=1S/C22H29NO5S2/c1-3-5-14-21(28-30(26,27)22-15-10-7-11-16-22)19-23(29(24,25)17-4-2)18-20-12-8-6-9-13-20/h3,6-13,15-16,21H,1,4-5,14,17-19H2,2H3/t21-/m1/s1. The summed E-state index contributed by atoms with van der Waals surface area (Å²) in [5, 5.41) is 0. The van der Waals surface area contributed by atoms with Crippen LogP contribution >= 0.6 is 0 Å². The fourth-order valence-corrected chi connectivity index (χ4v) is 5.60. The molecule has 2 rings (SSSR count). The van der Waals surface area contributed by atoms with E-state index in [1.807, 2.05) is 30.3 Å². The van der Waals surface area contributed by atoms with Crippen LogP contribution in [0, 0.1) is 0 Å². The zero-order valence-electron chi connectivity index (χ0n) is 17.2. The van der Waals surface area contributed by atoms with E-state index in [4.69, 9.17) is 4.18 Å². The monoisotopic (exact) mass is 451 g/mol. The largest absolute Gasteiger partial charge is 0.297 e. The Morgan fingerprint density at radius 2 is 1.60 bits per heavy atom. The average Bonchev–Trinajstić information content (AvgIpc) is 2.72. The molecule has 2 aromatic carbocycles. The lowest BCUT2D eigenvalue weighted by atomic mass is 10.2. The highest BCUT2D eigenvalue weighted by Crippen LogP contribution is 2.20. The number of benzene rings is 2. The van der Waals surface area contributed by atoms with Crippen molar-refractivity contribution >= 4 is 20.1 Å². The summed E-state index contributed by atoms with van der Waals surface area (Å²) in [4.78, 5) is 0.0413. The first-order valence-corrected chi connectivity index (χ1v) is 12.9. The first-order valence-electron chi connectivity index (χ1n) is 9.89. The van der Waals surface area contributed by atoms with Crippen molar-refractivity contribution in [1.29, 1.82) is 0 Å². The van der Waals surface area contributed by atoms with E-state index in [1.54, 1.807) is 31.2 Å². The van der Waals surface area contributed by atoms with Gasteiger partial charge in [-0.05, 0) is 37.0 Å². The van der Waals surface area contributed by atoms with Gasteiger partial charge >= 0.3 is 0 Å². The Kier molecular flexibility index (Phi) is 9.23. The maximum Gasteiger partial charge on any atom is 0.297 e. The van der Waals surface area contributed by atoms with Gasteiger partial charge in [-0.25, -0.2) is 8.42 Å². The van der Waals surface area contributed by atoms with Crippen molar-refractivity contribution in [2.24, 2.45) is 0 Å². The zero-order valence-corrected chi connectivity index (χ0v) is 18.8. The number of hydrogen-bond donors (Lipinski definition) is 0. The van der Waals surface area contributed by atoms with Gasteiger partial charge in [0.2, 0.25) is 10.0 Å². The molecule has 0 heterocycles. The molecule has 0 aromatic heterocycles. The molecule has 30 heavy (non-hydrogen) atoms. The summed E-state index contributed by atoms with van der Waals surface area (Å²) in [6.45, 7) is 5.57. The van der Waals surface area contributed by atoms with Gasteiger partial charge in [0.05, 0.1) is 16.8 Å². The summed E-state index contributed by atoms with van der Waals surface area (Å²) < 4.78 is 58.0. The molecule has 0 bridgehead atoms. The molecule has 0 saturated heterocycles. The van der Waals surface area contributed by atoms with Crippen LogP contribution < -0.4 is 0 Å². The molecule has 8 heteroatoms. The minimum absolute atomic E-state index is 0.0144. The highest BCUT2D eigenvalue weighted by Gasteiger charge is 2.28. The molecule has 0 fully saturated rings. The van der Waals surface area contributed by atoms with Crippen molar-refractivity contribution in [3.63, 3.8) is 0 Å². The molecule has 0 N–H and O–H groups in total. The third-order valence-electron chi connectivity index (χ3n) is 4.45. The predicted octanol–water partition coefficient (Wildman–Crippen LogP) is 3.97. The predicted molar refractivity (Wildman–Crippen MR) is 119 cm³/mol. The second kappa shape index (κ2) is 11.4. The minimum atomic E-state index is -4.02. The molecular formula is C22H29NO5S2. The first kappa shape index (κ1) is 24.3. The molecule has 6 nitrogen and oxygen atoms in total. The van der Waals surface area contributed by atoms with E-state index in [0.29, 0.717) is 19.3 Å². The quantitative estimate of drug-likeness (QED) is 0.340. The minimum Gasteiger partial charge on any atom is -0.262 e. The van der Waals surface area contributed by atoms with Gasteiger partial charge in [0.1, 0.15) is 0 Å². The first-order chi connectivity index (χ1) is 14.3. The Morgan fingerprint density at radius 3 is 2.17 bits per heavy atom. The Bertz CT molecular complexity index is 990. The van der Waals surface area contributed by atoms with Crippen LogP contribution in [0.3, 0.4) is 0 Å². The van der Waals surface area contributed by atoms with Crippen LogP contribution in [0.1, 0.15) is 31.7 Å². The highest BCUT2D eigenvalue weighted by molar-refractivity contribution is 7.89. The molecule has 0 aliphatic rings. The fourth-order valence-electron chi connectivity index (χ4n) is 2.97. The normalized spacial score (nSPS) is 13.3. The topological polar surface area (TPSA) is 80.8 Å². The molecule has 0 spiro atoms. The lowest BCUT2D eigenvalue weighted by Crippen LogP contribution is -2.40. The van der Waals surface area contributed by atoms with Crippen LogP contribution in [0.15, 0.2) is 78.2 Å². The molecule has 1 atom stereocenters. The van der Waals surface area contributed by atoms with E-state index in [0.717, 1.165) is 5.56 Å². The Balaban J connectivity index is 2.29. The van der Waals surface area contributed by atoms with Crippen LogP contribution in [0.5, 0.6) is 0 Å². The van der Waals surface area contributed by atoms with Crippen molar-refractivity contribution in [1.82, 2.24) is 4.31 Å². The van der Waals surface area contributed by atoms with Crippen molar-refractivity contribution in [2.45, 2.75) is 43.7 Å². The molecule has 0 aliphatic heterocycles. The van der Waals surface area contributed by atoms with E-state index in [9.17, 15) is 16.8 Å². The fraction of sp³-hybridized carbons (Fsp3) is 0.364. The Hall–Kier alpha value is -2.00. The average molecular weight is 452 g/mol. The van der Waals surface area contributed by atoms with Crippen LogP contribution in [0.25, 0.3) is 0 Å². The zero-order chi connectivity index (χ0) is 22.0. The van der Waals surface area contributed by atoms with Crippen LogP contribution in [-0.4, -0.2) is 39.5 Å². The highest BCUT2D eigenvalue weighted by atomic mass is 32.2. The van der Waals surface area contributed by atoms with E-state index in [2.05, 4.69) is 6.58 Å². The maximum atomic E-state index is 12.9. The van der Waals surface area contributed by atoms with Crippen LogP contribution in [0.2, 0.25) is 0 Å². The SMILES string of the molecule is C=CCC[C@H](CN(Cc1ccccc1)S(=O)(=O)CCC)OS(=O)(=O)c1ccccc1. The van der Waals surface area contributed by atoms with Gasteiger partial charge in [-0.15, -0.1) is 6.58 Å². The summed E-state index contributed by atoms with van der Waals surface area (Å²) in [6, 6.07) is 17.1. The van der Waals surface area contributed by atoms with Crippen molar-refractivity contribution < 1.29 is 21.0 Å². The van der Waals surface area contributed by atoms with Crippen molar-refractivity contribution in [3.05, 3.63) is 78.9 Å². The number of allylic oxidation sites excluding steroid dienone is 1. The van der Waals surface area contributed by atoms with Gasteiger partial charge in [-0.1, -0.05) is 61.5 Å². The molecule has 2 aromatic rings. The smallest absolute Gasteiger partial charge is 0.262 e. The van der Waals surface area contributed by atoms with Crippen molar-refractivity contribution in [2.75, 3.05) is 12.3 Å². The Labute approximate surface area is 180 Å². The third kappa shape index (κ3) is 7.36. The molecular weight excluding hydrogens is 422 g/mol. The summed E-state index contributed by atoms with van der Waals surface area (Å²) >= 11 is 0. The number of nitrogens with zero attached hydrogens (tertiary/aromatic N) is 1. The van der Waals surface area contributed by atoms with E-state index >= 15 is 0 Å². The van der Waals surface area contributed by atoms with E-state index < -0.39 is 26.2 Å². The van der Waals surface area contributed by atoms with E-state index in [1.165, 1.54) is 16.4 Å². The van der Waals surface area contributed by atoms with E-state index in [-0.39, 0.29) is 23.7 Å². The number of sulfonamides is 1. The number of hydrogen-bond acceptors (Lipinski definition) is 5. The molecule has 0 amide bonds. The van der Waals surface area contributed by atoms with Gasteiger partial charge in [-0.2, -0.15) is 12.7 Å². The summed E-state index contributed by atoms with van der Waals surface area (Å²) in [7, 11) is -7.60. The maximum absolute atomic E-state index is 12.9. The van der Waals surface area contributed by atoms with Crippen molar-refractivity contribution in [3.8, 4) is 0 Å². The Morgan fingerprint density at radius 1 is 1.00 bits per heavy atom. The van der Waals surface area contributed by atoms with Gasteiger partial charge in [0.25, 0.3) is 10.1 Å². The molecule has 0 saturated carbocycles. The van der Waals surface area contributed by atoms with Gasteiger partial charge in [-0.3, -0.25) is 4.18 Å². The second-order valence-corrected chi connectivity index (χ2v) is 10.6. The summed E-state index contributed by atoms with van der Waals surface area (Å²) in [6.07, 6.45) is 2.13. The van der Waals surface area contributed by atoms with Crippen LogP contribution in [0.4, 0.5) is 0 Å². The molecule has 0 radical (unpaired) electrons.